The van der Waals surface area contributed by atoms with Crippen LogP contribution in [0.15, 0.2) is 17.1 Å². The van der Waals surface area contributed by atoms with Crippen LogP contribution in [-0.4, -0.2) is 50.8 Å². The van der Waals surface area contributed by atoms with E-state index in [1.54, 1.807) is 6.07 Å². The van der Waals surface area contributed by atoms with Crippen molar-refractivity contribution < 1.29 is 0 Å². The molecule has 0 amide bonds. The molecule has 4 rings (SSSR count). The van der Waals surface area contributed by atoms with Crippen LogP contribution < -0.4 is 10.5 Å². The Kier molecular flexibility index (Phi) is 5.29. The van der Waals surface area contributed by atoms with E-state index in [9.17, 15) is 4.79 Å². The zero-order valence-electron chi connectivity index (χ0n) is 16.4. The van der Waals surface area contributed by atoms with E-state index in [0.29, 0.717) is 5.92 Å². The molecule has 0 unspecified atom stereocenters. The van der Waals surface area contributed by atoms with Gasteiger partial charge in [-0.1, -0.05) is 0 Å². The summed E-state index contributed by atoms with van der Waals surface area (Å²) >= 11 is 0. The predicted octanol–water partition coefficient (Wildman–Crippen LogP) is 2.27. The molecule has 0 aliphatic carbocycles. The molecule has 1 N–H and O–H groups in total. The predicted molar refractivity (Wildman–Crippen MR) is 106 cm³/mol. The molecule has 146 valence electrons. The first kappa shape index (κ1) is 18.2. The first-order chi connectivity index (χ1) is 13.1. The summed E-state index contributed by atoms with van der Waals surface area (Å²) in [4.78, 5) is 24.6. The van der Waals surface area contributed by atoms with Gasteiger partial charge in [0.15, 0.2) is 0 Å². The number of aromatic nitrogens is 4. The van der Waals surface area contributed by atoms with E-state index < -0.39 is 0 Å². The maximum absolute atomic E-state index is 12.1. The number of nitrogens with zero attached hydrogens (tertiary/aromatic N) is 5. The second kappa shape index (κ2) is 7.84. The number of hydrogen-bond acceptors (Lipinski definition) is 5. The van der Waals surface area contributed by atoms with Crippen molar-refractivity contribution in [1.29, 1.82) is 0 Å². The second-order valence-corrected chi connectivity index (χ2v) is 7.83. The molecule has 0 aromatic carbocycles. The van der Waals surface area contributed by atoms with Gasteiger partial charge in [0.25, 0.3) is 5.56 Å². The lowest BCUT2D eigenvalue weighted by Crippen LogP contribution is -2.33. The molecule has 2 aliphatic rings. The van der Waals surface area contributed by atoms with Crippen molar-refractivity contribution in [3.05, 3.63) is 39.6 Å². The van der Waals surface area contributed by atoms with Crippen molar-refractivity contribution in [3.8, 4) is 0 Å². The van der Waals surface area contributed by atoms with Crippen LogP contribution in [0.4, 0.5) is 5.95 Å². The van der Waals surface area contributed by atoms with Gasteiger partial charge in [-0.15, -0.1) is 0 Å². The Morgan fingerprint density at radius 3 is 2.59 bits per heavy atom. The van der Waals surface area contributed by atoms with Gasteiger partial charge < -0.3 is 4.90 Å². The summed E-state index contributed by atoms with van der Waals surface area (Å²) < 4.78 is 2.01. The number of H-pyrrole nitrogens is 1. The monoisotopic (exact) mass is 370 g/mol. The second-order valence-electron chi connectivity index (χ2n) is 7.83. The van der Waals surface area contributed by atoms with Gasteiger partial charge in [0, 0.05) is 49.9 Å². The standard InChI is InChI=1S/C20H30N6O/c1-3-26-14-17(15(2)23-26)13-24-10-6-16(7-11-24)18-12-19(27)22-20(21-18)25-8-4-5-9-25/h12,14,16H,3-11,13H2,1-2H3,(H,21,22,27). The Labute approximate surface area is 160 Å². The van der Waals surface area contributed by atoms with Gasteiger partial charge >= 0.3 is 0 Å². The van der Waals surface area contributed by atoms with E-state index in [0.717, 1.165) is 69.4 Å². The molecule has 27 heavy (non-hydrogen) atoms. The van der Waals surface area contributed by atoms with Crippen LogP contribution in [0.5, 0.6) is 0 Å². The number of aryl methyl sites for hydroxylation is 2. The summed E-state index contributed by atoms with van der Waals surface area (Å²) in [5, 5.41) is 4.55. The molecular weight excluding hydrogens is 340 g/mol. The lowest BCUT2D eigenvalue weighted by molar-refractivity contribution is 0.203. The van der Waals surface area contributed by atoms with E-state index >= 15 is 0 Å². The average Bonchev–Trinajstić information content (AvgIpc) is 3.32. The van der Waals surface area contributed by atoms with E-state index in [4.69, 9.17) is 4.98 Å². The van der Waals surface area contributed by atoms with Crippen molar-refractivity contribution >= 4 is 5.95 Å². The molecule has 0 saturated carbocycles. The summed E-state index contributed by atoms with van der Waals surface area (Å²) in [5.74, 6) is 1.14. The summed E-state index contributed by atoms with van der Waals surface area (Å²) in [7, 11) is 0. The van der Waals surface area contributed by atoms with E-state index in [1.807, 2.05) is 4.68 Å². The normalized spacial score (nSPS) is 19.1. The fourth-order valence-electron chi connectivity index (χ4n) is 4.25. The minimum Gasteiger partial charge on any atom is -0.342 e. The number of aromatic amines is 1. The SMILES string of the molecule is CCn1cc(CN2CCC(c3cc(=O)[nH]c(N4CCCC4)n3)CC2)c(C)n1. The zero-order valence-corrected chi connectivity index (χ0v) is 16.4. The maximum atomic E-state index is 12.1. The molecule has 0 atom stereocenters. The first-order valence-corrected chi connectivity index (χ1v) is 10.2. The van der Waals surface area contributed by atoms with Crippen LogP contribution >= 0.6 is 0 Å². The van der Waals surface area contributed by atoms with Crippen molar-refractivity contribution in [2.24, 2.45) is 0 Å². The van der Waals surface area contributed by atoms with Gasteiger partial charge in [-0.05, 0) is 52.6 Å². The highest BCUT2D eigenvalue weighted by atomic mass is 16.1. The minimum atomic E-state index is -0.0214. The molecule has 0 radical (unpaired) electrons. The lowest BCUT2D eigenvalue weighted by Gasteiger charge is -2.31. The van der Waals surface area contributed by atoms with Gasteiger partial charge in [0.2, 0.25) is 5.95 Å². The third-order valence-corrected chi connectivity index (χ3v) is 5.93. The molecule has 0 bridgehead atoms. The molecule has 2 saturated heterocycles. The number of nitrogens with one attached hydrogen (secondary N) is 1. The van der Waals surface area contributed by atoms with Crippen LogP contribution in [0.25, 0.3) is 0 Å². The van der Waals surface area contributed by atoms with Crippen LogP contribution in [0.1, 0.15) is 55.5 Å². The number of likely N-dealkylation sites (tertiary alicyclic amines) is 1. The number of piperidine rings is 1. The zero-order chi connectivity index (χ0) is 18.8. The summed E-state index contributed by atoms with van der Waals surface area (Å²) in [6, 6.07) is 1.70. The van der Waals surface area contributed by atoms with Crippen molar-refractivity contribution in [1.82, 2.24) is 24.6 Å². The van der Waals surface area contributed by atoms with Crippen LogP contribution in [-0.2, 0) is 13.1 Å². The van der Waals surface area contributed by atoms with Crippen LogP contribution in [0.3, 0.4) is 0 Å². The summed E-state index contributed by atoms with van der Waals surface area (Å²) in [6.45, 7) is 10.1. The Bertz CT molecular complexity index is 827. The van der Waals surface area contributed by atoms with Gasteiger partial charge in [0.1, 0.15) is 0 Å². The van der Waals surface area contributed by atoms with Gasteiger partial charge in [-0.2, -0.15) is 5.10 Å². The molecule has 7 heteroatoms. The molecule has 2 aliphatic heterocycles. The van der Waals surface area contributed by atoms with Crippen molar-refractivity contribution in [3.63, 3.8) is 0 Å². The summed E-state index contributed by atoms with van der Waals surface area (Å²) in [6.07, 6.45) is 6.64. The Morgan fingerprint density at radius 1 is 1.19 bits per heavy atom. The molecule has 2 fully saturated rings. The fraction of sp³-hybridized carbons (Fsp3) is 0.650. The number of rotatable bonds is 5. The topological polar surface area (TPSA) is 70.1 Å². The van der Waals surface area contributed by atoms with E-state index in [-0.39, 0.29) is 5.56 Å². The summed E-state index contributed by atoms with van der Waals surface area (Å²) in [5.41, 5.74) is 3.40. The quantitative estimate of drug-likeness (QED) is 0.874. The first-order valence-electron chi connectivity index (χ1n) is 10.2. The average molecular weight is 371 g/mol. The molecule has 7 nitrogen and oxygen atoms in total. The number of hydrogen-bond donors (Lipinski definition) is 1. The smallest absolute Gasteiger partial charge is 0.252 e. The Morgan fingerprint density at radius 2 is 1.93 bits per heavy atom. The highest BCUT2D eigenvalue weighted by Crippen LogP contribution is 2.28. The highest BCUT2D eigenvalue weighted by molar-refractivity contribution is 5.32. The number of anilines is 1. The van der Waals surface area contributed by atoms with Crippen LogP contribution in [0, 0.1) is 6.92 Å². The Hall–Kier alpha value is -2.15. The minimum absolute atomic E-state index is 0.0214. The van der Waals surface area contributed by atoms with Gasteiger partial charge in [-0.25, -0.2) is 4.98 Å². The third-order valence-electron chi connectivity index (χ3n) is 5.93. The van der Waals surface area contributed by atoms with Crippen molar-refractivity contribution in [2.75, 3.05) is 31.1 Å². The molecule has 0 spiro atoms. The van der Waals surface area contributed by atoms with E-state index in [2.05, 4.69) is 39.9 Å². The Balaban J connectivity index is 1.40. The molecular formula is C20H30N6O. The highest BCUT2D eigenvalue weighted by Gasteiger charge is 2.24. The van der Waals surface area contributed by atoms with Gasteiger partial charge in [-0.3, -0.25) is 19.4 Å². The third kappa shape index (κ3) is 4.08. The van der Waals surface area contributed by atoms with Crippen molar-refractivity contribution in [2.45, 2.75) is 58.5 Å². The fourth-order valence-corrected chi connectivity index (χ4v) is 4.25. The molecule has 2 aromatic heterocycles. The molecule has 2 aromatic rings. The molecule has 4 heterocycles. The largest absolute Gasteiger partial charge is 0.342 e. The lowest BCUT2D eigenvalue weighted by atomic mass is 9.93. The maximum Gasteiger partial charge on any atom is 0.252 e. The van der Waals surface area contributed by atoms with Crippen LogP contribution in [0.2, 0.25) is 0 Å². The van der Waals surface area contributed by atoms with E-state index in [1.165, 1.54) is 18.4 Å². The van der Waals surface area contributed by atoms with Gasteiger partial charge in [0.05, 0.1) is 11.4 Å².